The monoisotopic (exact) mass is 273 g/mol. The Morgan fingerprint density at radius 3 is 2.76 bits per heavy atom. The second-order valence-electron chi connectivity index (χ2n) is 4.32. The summed E-state index contributed by atoms with van der Waals surface area (Å²) in [6, 6.07) is 7.40. The molecule has 1 aliphatic heterocycles. The summed E-state index contributed by atoms with van der Waals surface area (Å²) in [6.45, 7) is 1.39. The van der Waals surface area contributed by atoms with Crippen LogP contribution in [0.1, 0.15) is 12.0 Å². The van der Waals surface area contributed by atoms with Crippen LogP contribution in [0.5, 0.6) is 0 Å². The van der Waals surface area contributed by atoms with Gasteiger partial charge in [0, 0.05) is 11.6 Å². The number of hydrogen-bond donors (Lipinski definition) is 1. The van der Waals surface area contributed by atoms with Crippen LogP contribution in [-0.4, -0.2) is 32.5 Å². The number of sulfone groups is 1. The third-order valence-corrected chi connectivity index (χ3v) is 5.70. The zero-order valence-corrected chi connectivity index (χ0v) is 11.1. The summed E-state index contributed by atoms with van der Waals surface area (Å²) < 4.78 is 24.1. The largest absolute Gasteiger partial charge is 0.315 e. The highest BCUT2D eigenvalue weighted by atomic mass is 35.5. The molecule has 5 heteroatoms. The van der Waals surface area contributed by atoms with Crippen molar-refractivity contribution in [2.45, 2.75) is 18.1 Å². The van der Waals surface area contributed by atoms with Gasteiger partial charge in [0.05, 0.1) is 11.0 Å². The van der Waals surface area contributed by atoms with E-state index < -0.39 is 9.84 Å². The van der Waals surface area contributed by atoms with Crippen LogP contribution in [0.2, 0.25) is 5.02 Å². The number of halogens is 1. The number of hydrogen-bond acceptors (Lipinski definition) is 3. The number of aryl methyl sites for hydroxylation is 1. The van der Waals surface area contributed by atoms with Crippen molar-refractivity contribution in [3.05, 3.63) is 34.9 Å². The quantitative estimate of drug-likeness (QED) is 0.908. The lowest BCUT2D eigenvalue weighted by molar-refractivity contribution is 0.582. The molecule has 1 N–H and O–H groups in total. The maximum Gasteiger partial charge on any atom is 0.154 e. The Morgan fingerprint density at radius 1 is 1.35 bits per heavy atom. The zero-order chi connectivity index (χ0) is 12.3. The van der Waals surface area contributed by atoms with Gasteiger partial charge in [0.2, 0.25) is 0 Å². The second-order valence-corrected chi connectivity index (χ2v) is 7.13. The Bertz CT molecular complexity index is 481. The minimum Gasteiger partial charge on any atom is -0.315 e. The fourth-order valence-electron chi connectivity index (χ4n) is 2.05. The lowest BCUT2D eigenvalue weighted by atomic mass is 10.2. The fraction of sp³-hybridized carbons (Fsp3) is 0.500. The second kappa shape index (κ2) is 5.38. The van der Waals surface area contributed by atoms with E-state index in [0.29, 0.717) is 18.0 Å². The molecule has 0 radical (unpaired) electrons. The highest BCUT2D eigenvalue weighted by Gasteiger charge is 2.28. The summed E-state index contributed by atoms with van der Waals surface area (Å²) in [7, 11) is -3.00. The molecule has 1 atom stereocenters. The minimum atomic E-state index is -3.00. The van der Waals surface area contributed by atoms with E-state index in [2.05, 4.69) is 5.32 Å². The molecular formula is C12H16ClNO2S. The molecule has 1 aromatic carbocycles. The Morgan fingerprint density at radius 2 is 2.12 bits per heavy atom. The van der Waals surface area contributed by atoms with E-state index in [4.69, 9.17) is 11.6 Å². The molecule has 94 valence electrons. The molecule has 2 rings (SSSR count). The SMILES string of the molecule is O=S(=O)(CCc1ccccc1Cl)C1CCNC1. The molecule has 1 unspecified atom stereocenters. The van der Waals surface area contributed by atoms with Gasteiger partial charge in [0.1, 0.15) is 0 Å². The smallest absolute Gasteiger partial charge is 0.154 e. The summed E-state index contributed by atoms with van der Waals surface area (Å²) in [4.78, 5) is 0. The van der Waals surface area contributed by atoms with Crippen LogP contribution in [-0.2, 0) is 16.3 Å². The third kappa shape index (κ3) is 3.21. The average molecular weight is 274 g/mol. The van der Waals surface area contributed by atoms with Crippen molar-refractivity contribution in [1.82, 2.24) is 5.32 Å². The molecule has 1 aromatic rings. The predicted octanol–water partition coefficient (Wildman–Crippen LogP) is 1.66. The Balaban J connectivity index is 2.00. The van der Waals surface area contributed by atoms with E-state index in [1.807, 2.05) is 18.2 Å². The molecule has 0 saturated carbocycles. The summed E-state index contributed by atoms with van der Waals surface area (Å²) in [5.41, 5.74) is 0.906. The van der Waals surface area contributed by atoms with Gasteiger partial charge < -0.3 is 5.32 Å². The summed E-state index contributed by atoms with van der Waals surface area (Å²) in [5.74, 6) is 0.184. The van der Waals surface area contributed by atoms with Gasteiger partial charge in [-0.3, -0.25) is 0 Å². The summed E-state index contributed by atoms with van der Waals surface area (Å²) >= 11 is 6.01. The van der Waals surface area contributed by atoms with Gasteiger partial charge in [0.15, 0.2) is 9.84 Å². The molecule has 0 spiro atoms. The van der Waals surface area contributed by atoms with Crippen LogP contribution in [0.15, 0.2) is 24.3 Å². The molecule has 3 nitrogen and oxygen atoms in total. The van der Waals surface area contributed by atoms with Crippen LogP contribution in [0.3, 0.4) is 0 Å². The third-order valence-electron chi connectivity index (χ3n) is 3.14. The van der Waals surface area contributed by atoms with E-state index in [-0.39, 0.29) is 11.0 Å². The van der Waals surface area contributed by atoms with Crippen molar-refractivity contribution in [3.8, 4) is 0 Å². The Labute approximate surface area is 107 Å². The first-order chi connectivity index (χ1) is 8.09. The first-order valence-electron chi connectivity index (χ1n) is 5.75. The fourth-order valence-corrected chi connectivity index (χ4v) is 3.97. The predicted molar refractivity (Wildman–Crippen MR) is 70.2 cm³/mol. The van der Waals surface area contributed by atoms with E-state index in [9.17, 15) is 8.42 Å². The average Bonchev–Trinajstić information content (AvgIpc) is 2.82. The van der Waals surface area contributed by atoms with Crippen LogP contribution in [0, 0.1) is 0 Å². The molecular weight excluding hydrogens is 258 g/mol. The van der Waals surface area contributed by atoms with E-state index in [1.165, 1.54) is 0 Å². The first-order valence-corrected chi connectivity index (χ1v) is 7.84. The Hall–Kier alpha value is -0.580. The van der Waals surface area contributed by atoms with Crippen molar-refractivity contribution in [2.24, 2.45) is 0 Å². The van der Waals surface area contributed by atoms with Crippen LogP contribution in [0.4, 0.5) is 0 Å². The lowest BCUT2D eigenvalue weighted by Gasteiger charge is -2.10. The highest BCUT2D eigenvalue weighted by Crippen LogP contribution is 2.18. The van der Waals surface area contributed by atoms with E-state index in [1.54, 1.807) is 6.07 Å². The van der Waals surface area contributed by atoms with Gasteiger partial charge in [0.25, 0.3) is 0 Å². The topological polar surface area (TPSA) is 46.2 Å². The molecule has 0 bridgehead atoms. The molecule has 1 aliphatic rings. The normalized spacial score (nSPS) is 20.6. The van der Waals surface area contributed by atoms with Crippen molar-refractivity contribution in [1.29, 1.82) is 0 Å². The van der Waals surface area contributed by atoms with Gasteiger partial charge in [-0.05, 0) is 31.0 Å². The van der Waals surface area contributed by atoms with Gasteiger partial charge in [-0.2, -0.15) is 0 Å². The van der Waals surface area contributed by atoms with Gasteiger partial charge in [-0.25, -0.2) is 8.42 Å². The Kier molecular flexibility index (Phi) is 4.07. The maximum atomic E-state index is 12.0. The minimum absolute atomic E-state index is 0.184. The van der Waals surface area contributed by atoms with Crippen molar-refractivity contribution < 1.29 is 8.42 Å². The van der Waals surface area contributed by atoms with Crippen LogP contribution >= 0.6 is 11.6 Å². The highest BCUT2D eigenvalue weighted by molar-refractivity contribution is 7.92. The number of rotatable bonds is 4. The van der Waals surface area contributed by atoms with Gasteiger partial charge in [-0.1, -0.05) is 29.8 Å². The lowest BCUT2D eigenvalue weighted by Crippen LogP contribution is -2.27. The summed E-state index contributed by atoms with van der Waals surface area (Å²) in [5, 5.41) is 3.51. The maximum absolute atomic E-state index is 12.0. The number of benzene rings is 1. The molecule has 0 aromatic heterocycles. The van der Waals surface area contributed by atoms with Crippen LogP contribution in [0.25, 0.3) is 0 Å². The molecule has 0 aliphatic carbocycles. The molecule has 1 heterocycles. The van der Waals surface area contributed by atoms with E-state index in [0.717, 1.165) is 18.5 Å². The number of nitrogens with one attached hydrogen (secondary N) is 1. The molecule has 1 fully saturated rings. The molecule has 1 saturated heterocycles. The van der Waals surface area contributed by atoms with Crippen molar-refractivity contribution in [2.75, 3.05) is 18.8 Å². The molecule has 17 heavy (non-hydrogen) atoms. The van der Waals surface area contributed by atoms with Crippen molar-refractivity contribution in [3.63, 3.8) is 0 Å². The zero-order valence-electron chi connectivity index (χ0n) is 9.52. The van der Waals surface area contributed by atoms with E-state index >= 15 is 0 Å². The molecule has 0 amide bonds. The van der Waals surface area contributed by atoms with Crippen LogP contribution < -0.4 is 5.32 Å². The standard InChI is InChI=1S/C12H16ClNO2S/c13-12-4-2-1-3-10(12)6-8-17(15,16)11-5-7-14-9-11/h1-4,11,14H,5-9H2. The van der Waals surface area contributed by atoms with Crippen molar-refractivity contribution >= 4 is 21.4 Å². The van der Waals surface area contributed by atoms with Gasteiger partial charge >= 0.3 is 0 Å². The van der Waals surface area contributed by atoms with Gasteiger partial charge in [-0.15, -0.1) is 0 Å². The first kappa shape index (κ1) is 12.9. The summed E-state index contributed by atoms with van der Waals surface area (Å²) in [6.07, 6.45) is 1.23.